The molecule has 0 radical (unpaired) electrons. The second-order valence-electron chi connectivity index (χ2n) is 3.61. The molecule has 0 aliphatic rings. The van der Waals surface area contributed by atoms with Crippen molar-refractivity contribution in [2.45, 2.75) is 25.8 Å². The number of hydrogen-bond acceptors (Lipinski definition) is 3. The first-order valence-corrected chi connectivity index (χ1v) is 5.28. The van der Waals surface area contributed by atoms with E-state index in [2.05, 4.69) is 10.3 Å². The van der Waals surface area contributed by atoms with Crippen molar-refractivity contribution < 1.29 is 4.39 Å². The zero-order valence-electron chi connectivity index (χ0n) is 9.04. The fraction of sp³-hybridized carbons (Fsp3) is 0.545. The molecule has 0 aliphatic heterocycles. The summed E-state index contributed by atoms with van der Waals surface area (Å²) >= 11 is 0. The number of hydrogen-bond donors (Lipinski definition) is 2. The standard InChI is InChI=1S/C11H18FN3/c1-9(15-5-3-2-4-13)10-6-11(12)8-14-7-10/h6-9,15H,2-5,13H2,1H3. The Morgan fingerprint density at radius 2 is 2.27 bits per heavy atom. The molecule has 1 atom stereocenters. The van der Waals surface area contributed by atoms with Gasteiger partial charge in [-0.05, 0) is 44.5 Å². The molecular formula is C11H18FN3. The molecule has 15 heavy (non-hydrogen) atoms. The molecule has 4 heteroatoms. The zero-order chi connectivity index (χ0) is 11.1. The van der Waals surface area contributed by atoms with Gasteiger partial charge >= 0.3 is 0 Å². The molecule has 0 spiro atoms. The molecule has 1 aromatic heterocycles. The van der Waals surface area contributed by atoms with Gasteiger partial charge in [0.1, 0.15) is 5.82 Å². The summed E-state index contributed by atoms with van der Waals surface area (Å²) in [5, 5.41) is 3.30. The van der Waals surface area contributed by atoms with E-state index in [0.717, 1.165) is 31.5 Å². The van der Waals surface area contributed by atoms with E-state index < -0.39 is 0 Å². The van der Waals surface area contributed by atoms with Crippen molar-refractivity contribution >= 4 is 0 Å². The maximum atomic E-state index is 12.9. The Hall–Kier alpha value is -1.00. The van der Waals surface area contributed by atoms with Crippen LogP contribution in [0, 0.1) is 5.82 Å². The lowest BCUT2D eigenvalue weighted by Gasteiger charge is -2.13. The SMILES string of the molecule is CC(NCCCCN)c1cncc(F)c1. The van der Waals surface area contributed by atoms with Crippen molar-refractivity contribution in [1.82, 2.24) is 10.3 Å². The van der Waals surface area contributed by atoms with E-state index >= 15 is 0 Å². The molecule has 1 unspecified atom stereocenters. The Morgan fingerprint density at radius 3 is 2.93 bits per heavy atom. The Bertz CT molecular complexity index is 291. The van der Waals surface area contributed by atoms with Crippen LogP contribution in [0.1, 0.15) is 31.4 Å². The van der Waals surface area contributed by atoms with Crippen LogP contribution in [0.3, 0.4) is 0 Å². The van der Waals surface area contributed by atoms with Crippen molar-refractivity contribution in [3.8, 4) is 0 Å². The summed E-state index contributed by atoms with van der Waals surface area (Å²) in [7, 11) is 0. The molecular weight excluding hydrogens is 193 g/mol. The van der Waals surface area contributed by atoms with E-state index in [1.807, 2.05) is 6.92 Å². The highest BCUT2D eigenvalue weighted by atomic mass is 19.1. The first-order valence-electron chi connectivity index (χ1n) is 5.28. The number of pyridine rings is 1. The number of halogens is 1. The van der Waals surface area contributed by atoms with Crippen LogP contribution in [0.25, 0.3) is 0 Å². The van der Waals surface area contributed by atoms with Gasteiger partial charge in [-0.3, -0.25) is 4.98 Å². The maximum absolute atomic E-state index is 12.9. The van der Waals surface area contributed by atoms with Gasteiger partial charge in [0.25, 0.3) is 0 Å². The van der Waals surface area contributed by atoms with Crippen LogP contribution < -0.4 is 11.1 Å². The zero-order valence-corrected chi connectivity index (χ0v) is 9.04. The largest absolute Gasteiger partial charge is 0.330 e. The van der Waals surface area contributed by atoms with Crippen molar-refractivity contribution in [2.75, 3.05) is 13.1 Å². The van der Waals surface area contributed by atoms with Gasteiger partial charge in [0.05, 0.1) is 6.20 Å². The van der Waals surface area contributed by atoms with Crippen LogP contribution in [0.4, 0.5) is 4.39 Å². The lowest BCUT2D eigenvalue weighted by atomic mass is 10.1. The Labute approximate surface area is 89.9 Å². The summed E-state index contributed by atoms with van der Waals surface area (Å²) < 4.78 is 12.9. The highest BCUT2D eigenvalue weighted by molar-refractivity contribution is 5.13. The number of nitrogens with two attached hydrogens (primary N) is 1. The molecule has 0 saturated carbocycles. The molecule has 1 heterocycles. The molecule has 1 aromatic rings. The predicted octanol–water partition coefficient (Wildman–Crippen LogP) is 1.61. The van der Waals surface area contributed by atoms with E-state index in [1.54, 1.807) is 6.20 Å². The summed E-state index contributed by atoms with van der Waals surface area (Å²) in [6, 6.07) is 1.64. The number of unbranched alkanes of at least 4 members (excludes halogenated alkanes) is 1. The van der Waals surface area contributed by atoms with Gasteiger partial charge in [-0.15, -0.1) is 0 Å². The summed E-state index contributed by atoms with van der Waals surface area (Å²) in [6.07, 6.45) is 4.96. The smallest absolute Gasteiger partial charge is 0.141 e. The van der Waals surface area contributed by atoms with Gasteiger partial charge < -0.3 is 11.1 Å². The molecule has 0 bridgehead atoms. The number of nitrogens with one attached hydrogen (secondary N) is 1. The third-order valence-corrected chi connectivity index (χ3v) is 2.31. The number of nitrogens with zero attached hydrogens (tertiary/aromatic N) is 1. The van der Waals surface area contributed by atoms with Gasteiger partial charge in [0.2, 0.25) is 0 Å². The number of aromatic nitrogens is 1. The lowest BCUT2D eigenvalue weighted by Crippen LogP contribution is -2.20. The third-order valence-electron chi connectivity index (χ3n) is 2.31. The second-order valence-corrected chi connectivity index (χ2v) is 3.61. The van der Waals surface area contributed by atoms with Crippen LogP contribution in [0.15, 0.2) is 18.5 Å². The minimum Gasteiger partial charge on any atom is -0.330 e. The first kappa shape index (κ1) is 12.1. The van der Waals surface area contributed by atoms with E-state index in [4.69, 9.17) is 5.73 Å². The summed E-state index contributed by atoms with van der Waals surface area (Å²) in [4.78, 5) is 3.81. The molecule has 0 aromatic carbocycles. The molecule has 0 amide bonds. The van der Waals surface area contributed by atoms with E-state index in [9.17, 15) is 4.39 Å². The molecule has 84 valence electrons. The minimum atomic E-state index is -0.289. The van der Waals surface area contributed by atoms with Gasteiger partial charge in [0.15, 0.2) is 0 Å². The van der Waals surface area contributed by atoms with Crippen molar-refractivity contribution in [3.05, 3.63) is 29.8 Å². The summed E-state index contributed by atoms with van der Waals surface area (Å²) in [6.45, 7) is 3.62. The summed E-state index contributed by atoms with van der Waals surface area (Å²) in [5.41, 5.74) is 6.27. The van der Waals surface area contributed by atoms with Crippen LogP contribution in [0.2, 0.25) is 0 Å². The Kier molecular flexibility index (Phi) is 5.21. The predicted molar refractivity (Wildman–Crippen MR) is 58.9 cm³/mol. The van der Waals surface area contributed by atoms with Crippen molar-refractivity contribution in [1.29, 1.82) is 0 Å². The van der Waals surface area contributed by atoms with E-state index in [0.29, 0.717) is 0 Å². The first-order chi connectivity index (χ1) is 7.24. The third kappa shape index (κ3) is 4.36. The monoisotopic (exact) mass is 211 g/mol. The van der Waals surface area contributed by atoms with E-state index in [-0.39, 0.29) is 11.9 Å². The lowest BCUT2D eigenvalue weighted by molar-refractivity contribution is 0.541. The fourth-order valence-corrected chi connectivity index (χ4v) is 1.37. The fourth-order valence-electron chi connectivity index (χ4n) is 1.37. The maximum Gasteiger partial charge on any atom is 0.141 e. The van der Waals surface area contributed by atoms with Gasteiger partial charge in [-0.1, -0.05) is 0 Å². The van der Waals surface area contributed by atoms with Crippen LogP contribution in [-0.4, -0.2) is 18.1 Å². The van der Waals surface area contributed by atoms with Crippen LogP contribution in [-0.2, 0) is 0 Å². The summed E-state index contributed by atoms with van der Waals surface area (Å²) in [5.74, 6) is -0.289. The Morgan fingerprint density at radius 1 is 1.47 bits per heavy atom. The Balaban J connectivity index is 2.36. The molecule has 0 aliphatic carbocycles. The topological polar surface area (TPSA) is 50.9 Å². The average molecular weight is 211 g/mol. The number of rotatable bonds is 6. The minimum absolute atomic E-state index is 0.131. The van der Waals surface area contributed by atoms with Crippen molar-refractivity contribution in [2.24, 2.45) is 5.73 Å². The molecule has 0 saturated heterocycles. The quantitative estimate of drug-likeness (QED) is 0.703. The van der Waals surface area contributed by atoms with E-state index in [1.165, 1.54) is 12.3 Å². The molecule has 3 nitrogen and oxygen atoms in total. The van der Waals surface area contributed by atoms with Crippen molar-refractivity contribution in [3.63, 3.8) is 0 Å². The molecule has 1 rings (SSSR count). The highest BCUT2D eigenvalue weighted by Gasteiger charge is 2.05. The van der Waals surface area contributed by atoms with Gasteiger partial charge in [0, 0.05) is 12.2 Å². The average Bonchev–Trinajstić information content (AvgIpc) is 2.24. The van der Waals surface area contributed by atoms with Crippen LogP contribution >= 0.6 is 0 Å². The molecule has 3 N–H and O–H groups in total. The second kappa shape index (κ2) is 6.48. The molecule has 0 fully saturated rings. The van der Waals surface area contributed by atoms with Gasteiger partial charge in [-0.2, -0.15) is 0 Å². The highest BCUT2D eigenvalue weighted by Crippen LogP contribution is 2.11. The van der Waals surface area contributed by atoms with Crippen LogP contribution in [0.5, 0.6) is 0 Å². The van der Waals surface area contributed by atoms with Gasteiger partial charge in [-0.25, -0.2) is 4.39 Å². The normalized spacial score (nSPS) is 12.7.